The predicted molar refractivity (Wildman–Crippen MR) is 91.4 cm³/mol. The van der Waals surface area contributed by atoms with E-state index in [2.05, 4.69) is 15.0 Å². The molecule has 0 saturated heterocycles. The first-order chi connectivity index (χ1) is 11.5. The van der Waals surface area contributed by atoms with Crippen LogP contribution in [0.3, 0.4) is 0 Å². The first-order valence-electron chi connectivity index (χ1n) is 7.49. The van der Waals surface area contributed by atoms with Gasteiger partial charge in [0.15, 0.2) is 11.4 Å². The highest BCUT2D eigenvalue weighted by molar-refractivity contribution is 6.30. The van der Waals surface area contributed by atoms with E-state index in [1.54, 1.807) is 6.07 Å². The van der Waals surface area contributed by atoms with Crippen LogP contribution in [0.25, 0.3) is 11.0 Å². The van der Waals surface area contributed by atoms with E-state index in [0.29, 0.717) is 34.4 Å². The third-order valence-electron chi connectivity index (χ3n) is 4.36. The number of H-pyrrole nitrogens is 1. The number of carbonyl (C=O) groups is 1. The van der Waals surface area contributed by atoms with Gasteiger partial charge in [-0.15, -0.1) is 0 Å². The molecule has 0 spiro atoms. The molecule has 4 rings (SSSR count). The number of nitrogens with one attached hydrogen (secondary N) is 1. The van der Waals surface area contributed by atoms with Crippen LogP contribution in [0.4, 0.5) is 5.95 Å². The molecule has 0 aliphatic heterocycles. The van der Waals surface area contributed by atoms with Crippen molar-refractivity contribution < 1.29 is 4.79 Å². The molecule has 1 aliphatic rings. The minimum atomic E-state index is -0.374. The summed E-state index contributed by atoms with van der Waals surface area (Å²) in [5.41, 5.74) is 7.60. The third-order valence-corrected chi connectivity index (χ3v) is 4.60. The number of nitrogens with two attached hydrogens (primary N) is 1. The SMILES string of the molecule is Nc1nc2ncc3c(c2c(=O)[nH]1)CC(c1cccc(Cl)c1)CC3=O. The number of fused-ring (bicyclic) bond motifs is 3. The molecular formula is C17H13ClN4O2. The summed E-state index contributed by atoms with van der Waals surface area (Å²) >= 11 is 6.06. The number of rotatable bonds is 1. The molecule has 7 heteroatoms. The van der Waals surface area contributed by atoms with Gasteiger partial charge in [-0.1, -0.05) is 23.7 Å². The van der Waals surface area contributed by atoms with Gasteiger partial charge in [0.1, 0.15) is 0 Å². The number of pyridine rings is 1. The summed E-state index contributed by atoms with van der Waals surface area (Å²) in [5.74, 6) is -0.0634. The highest BCUT2D eigenvalue weighted by atomic mass is 35.5. The van der Waals surface area contributed by atoms with Crippen molar-refractivity contribution in [2.75, 3.05) is 5.73 Å². The van der Waals surface area contributed by atoms with Gasteiger partial charge in [-0.2, -0.15) is 4.98 Å². The number of carbonyl (C=O) groups excluding carboxylic acids is 1. The molecule has 0 fully saturated rings. The summed E-state index contributed by atoms with van der Waals surface area (Å²) in [6.45, 7) is 0. The van der Waals surface area contributed by atoms with Gasteiger partial charge in [-0.25, -0.2) is 4.98 Å². The van der Waals surface area contributed by atoms with E-state index in [1.807, 2.05) is 18.2 Å². The number of aromatic nitrogens is 3. The van der Waals surface area contributed by atoms with Gasteiger partial charge < -0.3 is 5.73 Å². The minimum Gasteiger partial charge on any atom is -0.369 e. The first kappa shape index (κ1) is 14.8. The van der Waals surface area contributed by atoms with Gasteiger partial charge in [0.25, 0.3) is 5.56 Å². The van der Waals surface area contributed by atoms with Gasteiger partial charge in [0, 0.05) is 23.2 Å². The van der Waals surface area contributed by atoms with E-state index in [1.165, 1.54) is 6.20 Å². The Morgan fingerprint density at radius 3 is 2.88 bits per heavy atom. The van der Waals surface area contributed by atoms with Crippen molar-refractivity contribution >= 4 is 34.4 Å². The molecule has 0 bridgehead atoms. The van der Waals surface area contributed by atoms with Crippen LogP contribution in [0.5, 0.6) is 0 Å². The number of Topliss-reactive ketones (excluding diaryl/α,β-unsaturated/α-hetero) is 1. The molecule has 2 heterocycles. The summed E-state index contributed by atoms with van der Waals surface area (Å²) in [6, 6.07) is 7.45. The Balaban J connectivity index is 1.91. The van der Waals surface area contributed by atoms with Crippen LogP contribution in [-0.2, 0) is 6.42 Å². The van der Waals surface area contributed by atoms with Crippen LogP contribution in [0, 0.1) is 0 Å². The summed E-state index contributed by atoms with van der Waals surface area (Å²) in [7, 11) is 0. The van der Waals surface area contributed by atoms with Gasteiger partial charge in [0.2, 0.25) is 5.95 Å². The maximum Gasteiger partial charge on any atom is 0.262 e. The zero-order valence-electron chi connectivity index (χ0n) is 12.5. The van der Waals surface area contributed by atoms with Crippen LogP contribution in [0.2, 0.25) is 5.02 Å². The summed E-state index contributed by atoms with van der Waals surface area (Å²) in [5, 5.41) is 0.958. The predicted octanol–water partition coefficient (Wildman–Crippen LogP) is 2.47. The molecule has 6 nitrogen and oxygen atoms in total. The summed E-state index contributed by atoms with van der Waals surface area (Å²) < 4.78 is 0. The third kappa shape index (κ3) is 2.35. The molecule has 0 saturated carbocycles. The number of nitrogens with zero attached hydrogens (tertiary/aromatic N) is 2. The minimum absolute atomic E-state index is 0.00785. The average molecular weight is 341 g/mol. The summed E-state index contributed by atoms with van der Waals surface area (Å²) in [4.78, 5) is 35.5. The summed E-state index contributed by atoms with van der Waals surface area (Å²) in [6.07, 6.45) is 2.40. The van der Waals surface area contributed by atoms with Gasteiger partial charge in [-0.3, -0.25) is 14.6 Å². The molecule has 3 aromatic rings. The van der Waals surface area contributed by atoms with Crippen molar-refractivity contribution in [2.45, 2.75) is 18.8 Å². The molecule has 3 N–H and O–H groups in total. The Kier molecular flexibility index (Phi) is 3.35. The largest absolute Gasteiger partial charge is 0.369 e. The molecular weight excluding hydrogens is 328 g/mol. The van der Waals surface area contributed by atoms with Crippen molar-refractivity contribution in [2.24, 2.45) is 0 Å². The Morgan fingerprint density at radius 2 is 2.08 bits per heavy atom. The highest BCUT2D eigenvalue weighted by Crippen LogP contribution is 2.35. The van der Waals surface area contributed by atoms with E-state index in [0.717, 1.165) is 5.56 Å². The zero-order chi connectivity index (χ0) is 16.8. The van der Waals surface area contributed by atoms with Crippen molar-refractivity contribution in [1.29, 1.82) is 0 Å². The number of ketones is 1. The quantitative estimate of drug-likeness (QED) is 0.708. The smallest absolute Gasteiger partial charge is 0.262 e. The van der Waals surface area contributed by atoms with E-state index >= 15 is 0 Å². The topological polar surface area (TPSA) is 102 Å². The number of nitrogen functional groups attached to an aromatic ring is 1. The van der Waals surface area contributed by atoms with E-state index < -0.39 is 0 Å². The van der Waals surface area contributed by atoms with E-state index in [-0.39, 0.29) is 28.9 Å². The van der Waals surface area contributed by atoms with Crippen molar-refractivity contribution in [3.8, 4) is 0 Å². The highest BCUT2D eigenvalue weighted by Gasteiger charge is 2.29. The molecule has 1 unspecified atom stereocenters. The Labute approximate surface area is 141 Å². The maximum atomic E-state index is 12.5. The lowest BCUT2D eigenvalue weighted by atomic mass is 9.79. The first-order valence-corrected chi connectivity index (χ1v) is 7.87. The van der Waals surface area contributed by atoms with Crippen LogP contribution >= 0.6 is 11.6 Å². The molecule has 120 valence electrons. The van der Waals surface area contributed by atoms with E-state index in [4.69, 9.17) is 17.3 Å². The molecule has 1 aromatic carbocycles. The van der Waals surface area contributed by atoms with Crippen LogP contribution in [-0.4, -0.2) is 20.7 Å². The molecule has 24 heavy (non-hydrogen) atoms. The van der Waals surface area contributed by atoms with Gasteiger partial charge in [-0.05, 0) is 35.6 Å². The lowest BCUT2D eigenvalue weighted by Gasteiger charge is -2.24. The average Bonchev–Trinajstić information content (AvgIpc) is 2.53. The molecule has 0 radical (unpaired) electrons. The van der Waals surface area contributed by atoms with Crippen molar-refractivity contribution in [3.63, 3.8) is 0 Å². The lowest BCUT2D eigenvalue weighted by molar-refractivity contribution is 0.0964. The number of hydrogen-bond acceptors (Lipinski definition) is 5. The Morgan fingerprint density at radius 1 is 1.25 bits per heavy atom. The molecule has 0 amide bonds. The lowest BCUT2D eigenvalue weighted by Crippen LogP contribution is -2.23. The number of hydrogen-bond donors (Lipinski definition) is 2. The number of aromatic amines is 1. The van der Waals surface area contributed by atoms with E-state index in [9.17, 15) is 9.59 Å². The van der Waals surface area contributed by atoms with Gasteiger partial charge >= 0.3 is 0 Å². The van der Waals surface area contributed by atoms with Crippen molar-refractivity contribution in [3.05, 3.63) is 62.5 Å². The molecule has 1 aliphatic carbocycles. The maximum absolute atomic E-state index is 12.5. The number of benzene rings is 1. The molecule has 1 atom stereocenters. The Bertz CT molecular complexity index is 1040. The second-order valence-electron chi connectivity index (χ2n) is 5.88. The Hall–Kier alpha value is -2.73. The number of anilines is 1. The standard InChI is InChI=1S/C17H13ClN4O2/c18-10-3-1-2-8(4-10)9-5-11-12(13(23)6-9)7-20-15-14(11)16(24)22-17(19)21-15/h1-4,7,9H,5-6H2,(H3,19,20,21,22,24). The second-order valence-corrected chi connectivity index (χ2v) is 6.32. The molecule has 2 aromatic heterocycles. The van der Waals surface area contributed by atoms with Crippen molar-refractivity contribution in [1.82, 2.24) is 15.0 Å². The fourth-order valence-corrected chi connectivity index (χ4v) is 3.48. The fraction of sp³-hybridized carbons (Fsp3) is 0.176. The monoisotopic (exact) mass is 340 g/mol. The van der Waals surface area contributed by atoms with Crippen LogP contribution in [0.1, 0.15) is 33.8 Å². The second kappa shape index (κ2) is 5.42. The van der Waals surface area contributed by atoms with Crippen LogP contribution < -0.4 is 11.3 Å². The van der Waals surface area contributed by atoms with Gasteiger partial charge in [0.05, 0.1) is 5.39 Å². The zero-order valence-corrected chi connectivity index (χ0v) is 13.3. The normalized spacial score (nSPS) is 17.0. The fourth-order valence-electron chi connectivity index (χ4n) is 3.28. The van der Waals surface area contributed by atoms with Crippen LogP contribution in [0.15, 0.2) is 35.3 Å². The number of halogens is 1.